The largest absolute Gasteiger partial charge is 0.469 e. The van der Waals surface area contributed by atoms with Crippen LogP contribution in [0.5, 0.6) is 0 Å². The number of aliphatic hydroxyl groups is 3. The fourth-order valence-electron chi connectivity index (χ4n) is 4.03. The Labute approximate surface area is 257 Å². The summed E-state index contributed by atoms with van der Waals surface area (Å²) < 4.78 is 17.6. The summed E-state index contributed by atoms with van der Waals surface area (Å²) in [4.78, 5) is 113. The van der Waals surface area contributed by atoms with Gasteiger partial charge in [-0.3, -0.25) is 14.4 Å². The molecule has 0 aliphatic heterocycles. The van der Waals surface area contributed by atoms with Gasteiger partial charge in [-0.25, -0.2) is 56.2 Å². The normalized spacial score (nSPS) is 11.7. The van der Waals surface area contributed by atoms with Gasteiger partial charge in [-0.1, -0.05) is 0 Å². The van der Waals surface area contributed by atoms with Gasteiger partial charge in [-0.05, 0) is 6.92 Å². The van der Waals surface area contributed by atoms with Crippen molar-refractivity contribution in [3.05, 3.63) is 62.9 Å². The number of carbonyl (C=O) groups is 3. The number of aromatic nitrogens is 6. The van der Waals surface area contributed by atoms with Crippen molar-refractivity contribution in [2.75, 3.05) is 33.5 Å². The average molecular weight is 661 g/mol. The van der Waals surface area contributed by atoms with E-state index in [1.165, 1.54) is 6.92 Å². The third kappa shape index (κ3) is 9.55. The van der Waals surface area contributed by atoms with E-state index in [4.69, 9.17) is 19.7 Å². The number of hydrogen-bond donors (Lipinski definition) is 3. The van der Waals surface area contributed by atoms with Crippen molar-refractivity contribution in [3.63, 3.8) is 0 Å². The fourth-order valence-corrected chi connectivity index (χ4v) is 4.03. The van der Waals surface area contributed by atoms with Crippen LogP contribution in [0.25, 0.3) is 0 Å². The van der Waals surface area contributed by atoms with Crippen LogP contribution >= 0.6 is 0 Å². The quantitative estimate of drug-likeness (QED) is 0.0992. The molecule has 0 bridgehead atoms. The van der Waals surface area contributed by atoms with Gasteiger partial charge in [-0.2, -0.15) is 0 Å². The van der Waals surface area contributed by atoms with E-state index in [0.29, 0.717) is 27.4 Å². The molecular weight excluding hydrogens is 624 g/mol. The summed E-state index contributed by atoms with van der Waals surface area (Å²) in [6, 6.07) is 0. The van der Waals surface area contributed by atoms with E-state index in [2.05, 4.69) is 4.74 Å². The smallest absolute Gasteiger partial charge is 0.336 e. The fraction of sp³-hybridized carbons (Fsp3) is 0.640. The van der Waals surface area contributed by atoms with Gasteiger partial charge in [0, 0.05) is 19.6 Å². The highest BCUT2D eigenvalue weighted by atomic mass is 16.5. The second kappa shape index (κ2) is 17.6. The van der Waals surface area contributed by atoms with Gasteiger partial charge in [-0.15, -0.1) is 0 Å². The molecule has 0 radical (unpaired) electrons. The van der Waals surface area contributed by atoms with Gasteiger partial charge in [0.25, 0.3) is 0 Å². The van der Waals surface area contributed by atoms with Crippen molar-refractivity contribution in [1.29, 1.82) is 0 Å². The van der Waals surface area contributed by atoms with Crippen LogP contribution in [0.1, 0.15) is 26.2 Å². The molecule has 2 aromatic rings. The standard InChI is InChI=1S/C25H36N6O15/c1-16(34)15-46-19(37)5-8-28-21(39)26(6-3-17(35)44-2)20(38)27(22(28)40)7-4-18(36)45-14-11-31-24(42)29(9-12-32)23(41)30(10-13-33)25(31)43/h16,32-34H,3-15H2,1-2H3. The summed E-state index contributed by atoms with van der Waals surface area (Å²) in [7, 11) is 1.08. The van der Waals surface area contributed by atoms with Gasteiger partial charge >= 0.3 is 52.0 Å². The van der Waals surface area contributed by atoms with E-state index in [1.807, 2.05) is 0 Å². The van der Waals surface area contributed by atoms with Gasteiger partial charge in [0.1, 0.15) is 13.2 Å². The Kier molecular flexibility index (Phi) is 14.2. The second-order valence-corrected chi connectivity index (χ2v) is 9.63. The number of rotatable bonds is 18. The predicted molar refractivity (Wildman–Crippen MR) is 152 cm³/mol. The van der Waals surface area contributed by atoms with E-state index in [0.717, 1.165) is 7.11 Å². The third-order valence-corrected chi connectivity index (χ3v) is 6.33. The molecule has 46 heavy (non-hydrogen) atoms. The molecule has 1 unspecified atom stereocenters. The van der Waals surface area contributed by atoms with E-state index >= 15 is 0 Å². The zero-order valence-corrected chi connectivity index (χ0v) is 25.2. The third-order valence-electron chi connectivity index (χ3n) is 6.33. The molecule has 2 rings (SSSR count). The first-order valence-corrected chi connectivity index (χ1v) is 14.0. The zero-order valence-electron chi connectivity index (χ0n) is 25.2. The van der Waals surface area contributed by atoms with Gasteiger partial charge < -0.3 is 29.5 Å². The topological polar surface area (TPSA) is 272 Å². The number of nitrogens with zero attached hydrogens (tertiary/aromatic N) is 6. The first-order chi connectivity index (χ1) is 21.8. The van der Waals surface area contributed by atoms with Crippen LogP contribution < -0.4 is 34.1 Å². The Morgan fingerprint density at radius 3 is 1.24 bits per heavy atom. The molecule has 0 saturated heterocycles. The lowest BCUT2D eigenvalue weighted by Crippen LogP contribution is -2.55. The van der Waals surface area contributed by atoms with Crippen LogP contribution in [0.4, 0.5) is 0 Å². The maximum absolute atomic E-state index is 13.1. The monoisotopic (exact) mass is 660 g/mol. The van der Waals surface area contributed by atoms with Gasteiger partial charge in [0.05, 0.1) is 65.3 Å². The Balaban J connectivity index is 2.27. The molecule has 0 aliphatic carbocycles. The van der Waals surface area contributed by atoms with Crippen molar-refractivity contribution < 1.29 is 43.9 Å². The van der Waals surface area contributed by atoms with Crippen molar-refractivity contribution in [3.8, 4) is 0 Å². The number of carbonyl (C=O) groups excluding carboxylic acids is 3. The molecule has 0 aromatic carbocycles. The Morgan fingerprint density at radius 2 is 0.891 bits per heavy atom. The molecule has 0 saturated carbocycles. The number of esters is 3. The maximum atomic E-state index is 13.1. The molecule has 3 N–H and O–H groups in total. The van der Waals surface area contributed by atoms with Gasteiger partial charge in [0.2, 0.25) is 0 Å². The first-order valence-electron chi connectivity index (χ1n) is 14.0. The molecule has 0 amide bonds. The van der Waals surface area contributed by atoms with E-state index < -0.39 is 137 Å². The second-order valence-electron chi connectivity index (χ2n) is 9.63. The molecule has 21 heteroatoms. The molecule has 0 fully saturated rings. The summed E-state index contributed by atoms with van der Waals surface area (Å²) in [6.07, 6.45) is -2.50. The van der Waals surface area contributed by atoms with Crippen LogP contribution in [0.15, 0.2) is 28.8 Å². The number of methoxy groups -OCH3 is 1. The predicted octanol–water partition coefficient (Wildman–Crippen LogP) is -5.85. The Morgan fingerprint density at radius 1 is 0.565 bits per heavy atom. The lowest BCUT2D eigenvalue weighted by molar-refractivity contribution is -0.146. The number of aliphatic hydroxyl groups excluding tert-OH is 3. The van der Waals surface area contributed by atoms with E-state index in [-0.39, 0.29) is 6.61 Å². The minimum Gasteiger partial charge on any atom is -0.469 e. The minimum absolute atomic E-state index is 0.335. The molecule has 2 heterocycles. The van der Waals surface area contributed by atoms with Crippen LogP contribution in [-0.4, -0.2) is 100 Å². The summed E-state index contributed by atoms with van der Waals surface area (Å²) in [5, 5.41) is 27.6. The van der Waals surface area contributed by atoms with Crippen LogP contribution in [0.2, 0.25) is 0 Å². The van der Waals surface area contributed by atoms with Gasteiger partial charge in [0.15, 0.2) is 0 Å². The molecule has 0 aliphatic rings. The highest BCUT2D eigenvalue weighted by Crippen LogP contribution is 1.94. The van der Waals surface area contributed by atoms with Crippen molar-refractivity contribution in [1.82, 2.24) is 27.4 Å². The van der Waals surface area contributed by atoms with E-state index in [9.17, 15) is 48.3 Å². The minimum atomic E-state index is -1.18. The molecule has 0 spiro atoms. The molecule has 256 valence electrons. The summed E-state index contributed by atoms with van der Waals surface area (Å²) >= 11 is 0. The molecule has 21 nitrogen and oxygen atoms in total. The number of ether oxygens (including phenoxy) is 3. The van der Waals surface area contributed by atoms with Crippen LogP contribution in [-0.2, 0) is 67.9 Å². The molecule has 2 aromatic heterocycles. The first kappa shape index (κ1) is 37.3. The van der Waals surface area contributed by atoms with E-state index in [1.54, 1.807) is 0 Å². The van der Waals surface area contributed by atoms with Crippen molar-refractivity contribution in [2.24, 2.45) is 0 Å². The zero-order chi connectivity index (χ0) is 34.6. The lowest BCUT2D eigenvalue weighted by Gasteiger charge is -2.14. The summed E-state index contributed by atoms with van der Waals surface area (Å²) in [6.45, 7) is -3.83. The van der Waals surface area contributed by atoms with Crippen LogP contribution in [0, 0.1) is 0 Å². The maximum Gasteiger partial charge on any atom is 0.336 e. The van der Waals surface area contributed by atoms with Crippen molar-refractivity contribution in [2.45, 2.75) is 71.6 Å². The summed E-state index contributed by atoms with van der Waals surface area (Å²) in [5.41, 5.74) is -6.71. The molecular formula is C25H36N6O15. The summed E-state index contributed by atoms with van der Waals surface area (Å²) in [5.74, 6) is -2.63. The Hall–Kier alpha value is -4.89. The highest BCUT2D eigenvalue weighted by Gasteiger charge is 2.20. The lowest BCUT2D eigenvalue weighted by atomic mass is 10.4. The molecule has 1 atom stereocenters. The van der Waals surface area contributed by atoms with Crippen LogP contribution in [0.3, 0.4) is 0 Å². The highest BCUT2D eigenvalue weighted by molar-refractivity contribution is 5.69. The Bertz CT molecular complexity index is 1710. The number of hydrogen-bond acceptors (Lipinski definition) is 15. The SMILES string of the molecule is COC(=O)CCn1c(=O)n(CCC(=O)OCCn2c(=O)n(CCO)c(=O)n(CCO)c2=O)c(=O)n(CCC(=O)OCC(C)O)c1=O. The average Bonchev–Trinajstić information content (AvgIpc) is 3.01. The van der Waals surface area contributed by atoms with Crippen molar-refractivity contribution >= 4 is 17.9 Å².